The number of nitrogens with zero attached hydrogens (tertiary/aromatic N) is 3. The Labute approximate surface area is 166 Å². The van der Waals surface area contributed by atoms with Crippen molar-refractivity contribution in [2.45, 2.75) is 37.8 Å². The summed E-state index contributed by atoms with van der Waals surface area (Å²) in [6.07, 6.45) is 5.89. The summed E-state index contributed by atoms with van der Waals surface area (Å²) in [5.74, 6) is 1.93. The van der Waals surface area contributed by atoms with Gasteiger partial charge in [-0.2, -0.15) is 0 Å². The topological polar surface area (TPSA) is 45.7 Å². The maximum atomic E-state index is 13.5. The molecule has 1 amide bonds. The van der Waals surface area contributed by atoms with E-state index in [0.717, 1.165) is 30.9 Å². The Kier molecular flexibility index (Phi) is 4.35. The second-order valence-corrected chi connectivity index (χ2v) is 8.41. The lowest BCUT2D eigenvalue weighted by molar-refractivity contribution is -0.00351. The van der Waals surface area contributed by atoms with Crippen LogP contribution in [0.15, 0.2) is 42.7 Å². The molecule has 0 unspecified atom stereocenters. The summed E-state index contributed by atoms with van der Waals surface area (Å²) < 4.78 is 5.68. The van der Waals surface area contributed by atoms with E-state index >= 15 is 0 Å². The zero-order valence-electron chi connectivity index (χ0n) is 16.5. The number of likely N-dealkylation sites (tertiary alicyclic amines) is 1. The molecule has 3 atom stereocenters. The molecule has 4 saturated heterocycles. The van der Waals surface area contributed by atoms with Crippen molar-refractivity contribution in [3.63, 3.8) is 0 Å². The highest BCUT2D eigenvalue weighted by atomic mass is 16.5. The lowest BCUT2D eigenvalue weighted by Crippen LogP contribution is -2.60. The Balaban J connectivity index is 1.55. The van der Waals surface area contributed by atoms with E-state index in [1.807, 2.05) is 25.1 Å². The number of carbonyl (C=O) groups is 1. The highest BCUT2D eigenvalue weighted by Crippen LogP contribution is 2.48. The summed E-state index contributed by atoms with van der Waals surface area (Å²) in [5.41, 5.74) is 2.96. The summed E-state index contributed by atoms with van der Waals surface area (Å²) in [6, 6.07) is 10.9. The molecular weight excluding hydrogens is 350 g/mol. The van der Waals surface area contributed by atoms with Gasteiger partial charge in [0.05, 0.1) is 18.7 Å². The number of aryl methyl sites for hydroxylation is 1. The normalized spacial score (nSPS) is 30.9. The van der Waals surface area contributed by atoms with E-state index in [1.165, 1.54) is 18.4 Å². The van der Waals surface area contributed by atoms with Crippen LogP contribution in [0.3, 0.4) is 0 Å². The molecule has 0 radical (unpaired) electrons. The van der Waals surface area contributed by atoms with Crippen molar-refractivity contribution in [2.75, 3.05) is 26.7 Å². The summed E-state index contributed by atoms with van der Waals surface area (Å²) in [5, 5.41) is 0. The third-order valence-corrected chi connectivity index (χ3v) is 6.92. The van der Waals surface area contributed by atoms with E-state index in [4.69, 9.17) is 4.74 Å². The number of rotatable bonds is 3. The number of hydrogen-bond donors (Lipinski definition) is 0. The Morgan fingerprint density at radius 3 is 2.68 bits per heavy atom. The molecule has 2 bridgehead atoms. The first kappa shape index (κ1) is 17.7. The highest BCUT2D eigenvalue weighted by molar-refractivity contribution is 5.94. The van der Waals surface area contributed by atoms with E-state index in [0.29, 0.717) is 17.5 Å². The average Bonchev–Trinajstić information content (AvgIpc) is 3.16. The molecule has 0 aliphatic carbocycles. The minimum Gasteiger partial charge on any atom is -0.496 e. The quantitative estimate of drug-likeness (QED) is 0.825. The molecule has 6 rings (SSSR count). The zero-order valence-corrected chi connectivity index (χ0v) is 16.5. The van der Waals surface area contributed by atoms with Crippen molar-refractivity contribution in [1.82, 2.24) is 14.8 Å². The maximum Gasteiger partial charge on any atom is 0.255 e. The number of hydrogen-bond acceptors (Lipinski definition) is 4. The third kappa shape index (κ3) is 2.72. The fourth-order valence-corrected chi connectivity index (χ4v) is 5.74. The van der Waals surface area contributed by atoms with Crippen LogP contribution in [0.1, 0.15) is 40.2 Å². The van der Waals surface area contributed by atoms with Crippen LogP contribution in [0.4, 0.5) is 0 Å². The van der Waals surface area contributed by atoms with E-state index in [-0.39, 0.29) is 17.9 Å². The molecule has 5 heteroatoms. The number of benzene rings is 1. The van der Waals surface area contributed by atoms with Crippen molar-refractivity contribution in [2.24, 2.45) is 5.92 Å². The Hall–Kier alpha value is -2.40. The first-order valence-electron chi connectivity index (χ1n) is 10.3. The van der Waals surface area contributed by atoms with Gasteiger partial charge in [-0.25, -0.2) is 0 Å². The number of para-hydroxylation sites is 1. The summed E-state index contributed by atoms with van der Waals surface area (Å²) >= 11 is 0. The first-order valence-corrected chi connectivity index (χ1v) is 10.3. The SMILES string of the molecule is COc1ccccc1[C@H]1CN(C(=O)c2cncc(C)c2)[C@@H]2C3CCN(CC3)[C@H]12. The number of amides is 1. The first-order chi connectivity index (χ1) is 13.7. The minimum atomic E-state index is 0.123. The van der Waals surface area contributed by atoms with Crippen molar-refractivity contribution in [1.29, 1.82) is 0 Å². The Morgan fingerprint density at radius 2 is 1.93 bits per heavy atom. The predicted octanol–water partition coefficient (Wildman–Crippen LogP) is 3.10. The molecule has 4 aliphatic heterocycles. The number of piperidine rings is 3. The smallest absolute Gasteiger partial charge is 0.255 e. The summed E-state index contributed by atoms with van der Waals surface area (Å²) in [6.45, 7) is 5.02. The number of carbonyl (C=O) groups excluding carboxylic acids is 1. The van der Waals surface area contributed by atoms with Crippen LogP contribution in [0, 0.1) is 12.8 Å². The fraction of sp³-hybridized carbons (Fsp3) is 0.478. The lowest BCUT2D eigenvalue weighted by atomic mass is 9.75. The van der Waals surface area contributed by atoms with Gasteiger partial charge in [0.2, 0.25) is 0 Å². The van der Waals surface area contributed by atoms with Crippen molar-refractivity contribution >= 4 is 5.91 Å². The molecule has 1 aromatic carbocycles. The number of methoxy groups -OCH3 is 1. The molecule has 1 aromatic heterocycles. The molecule has 5 nitrogen and oxygen atoms in total. The zero-order chi connectivity index (χ0) is 19.3. The van der Waals surface area contributed by atoms with Gasteiger partial charge in [0.15, 0.2) is 0 Å². The van der Waals surface area contributed by atoms with Crippen molar-refractivity contribution in [3.8, 4) is 5.75 Å². The van der Waals surface area contributed by atoms with E-state index in [9.17, 15) is 4.79 Å². The van der Waals surface area contributed by atoms with Crippen LogP contribution < -0.4 is 4.74 Å². The van der Waals surface area contributed by atoms with Crippen LogP contribution in [0.5, 0.6) is 5.75 Å². The number of pyridine rings is 1. The second kappa shape index (κ2) is 6.89. The van der Waals surface area contributed by atoms with Crippen molar-refractivity contribution in [3.05, 3.63) is 59.4 Å². The molecule has 0 N–H and O–H groups in total. The highest BCUT2D eigenvalue weighted by Gasteiger charge is 2.55. The second-order valence-electron chi connectivity index (χ2n) is 8.41. The molecule has 28 heavy (non-hydrogen) atoms. The molecule has 2 aromatic rings. The molecule has 5 heterocycles. The lowest BCUT2D eigenvalue weighted by Gasteiger charge is -2.51. The van der Waals surface area contributed by atoms with Gasteiger partial charge < -0.3 is 9.64 Å². The minimum absolute atomic E-state index is 0.123. The summed E-state index contributed by atoms with van der Waals surface area (Å²) in [7, 11) is 1.74. The molecular formula is C23H27N3O2. The monoisotopic (exact) mass is 377 g/mol. The van der Waals surface area contributed by atoms with E-state index in [2.05, 4.69) is 26.9 Å². The van der Waals surface area contributed by atoms with Crippen LogP contribution in [-0.4, -0.2) is 59.5 Å². The van der Waals surface area contributed by atoms with Crippen LogP contribution in [-0.2, 0) is 0 Å². The summed E-state index contributed by atoms with van der Waals surface area (Å²) in [4.78, 5) is 22.5. The van der Waals surface area contributed by atoms with Gasteiger partial charge in [-0.1, -0.05) is 18.2 Å². The molecule has 146 valence electrons. The number of ether oxygens (including phenoxy) is 1. The number of fused-ring (bicyclic) bond motifs is 2. The Bertz CT molecular complexity index is 891. The molecule has 0 spiro atoms. The van der Waals surface area contributed by atoms with Gasteiger partial charge in [0, 0.05) is 36.5 Å². The van der Waals surface area contributed by atoms with E-state index in [1.54, 1.807) is 19.5 Å². The van der Waals surface area contributed by atoms with Gasteiger partial charge >= 0.3 is 0 Å². The van der Waals surface area contributed by atoms with Crippen molar-refractivity contribution < 1.29 is 9.53 Å². The molecule has 4 aliphatic rings. The molecule has 0 saturated carbocycles. The van der Waals surface area contributed by atoms with Gasteiger partial charge in [-0.15, -0.1) is 0 Å². The van der Waals surface area contributed by atoms with Crippen LogP contribution in [0.25, 0.3) is 0 Å². The molecule has 4 fully saturated rings. The largest absolute Gasteiger partial charge is 0.496 e. The van der Waals surface area contributed by atoms with Gasteiger partial charge in [-0.3, -0.25) is 14.7 Å². The fourth-order valence-electron chi connectivity index (χ4n) is 5.74. The standard InChI is InChI=1S/C23H27N3O2/c1-15-11-17(13-24-12-15)23(27)26-14-19(18-5-3-4-6-20(18)28-2)22-21(26)16-7-9-25(22)10-8-16/h3-6,11-13,16,19,21-22H,7-10,14H2,1-2H3/t19-,21-,22-/m1/s1. The predicted molar refractivity (Wildman–Crippen MR) is 108 cm³/mol. The third-order valence-electron chi connectivity index (χ3n) is 6.92. The van der Waals surface area contributed by atoms with Gasteiger partial charge in [-0.05, 0) is 56.5 Å². The van der Waals surface area contributed by atoms with Gasteiger partial charge in [0.25, 0.3) is 5.91 Å². The maximum absolute atomic E-state index is 13.5. The van der Waals surface area contributed by atoms with Crippen LogP contribution >= 0.6 is 0 Å². The van der Waals surface area contributed by atoms with Gasteiger partial charge in [0.1, 0.15) is 5.75 Å². The van der Waals surface area contributed by atoms with E-state index < -0.39 is 0 Å². The Morgan fingerprint density at radius 1 is 1.14 bits per heavy atom. The average molecular weight is 377 g/mol. The van der Waals surface area contributed by atoms with Crippen LogP contribution in [0.2, 0.25) is 0 Å². The number of aromatic nitrogens is 1.